The Bertz CT molecular complexity index is 1360. The quantitative estimate of drug-likeness (QED) is 0.349. The van der Waals surface area contributed by atoms with Crippen LogP contribution in [-0.2, 0) is 11.3 Å². The first-order chi connectivity index (χ1) is 18.1. The molecule has 4 aromatic rings. The van der Waals surface area contributed by atoms with Crippen molar-refractivity contribution in [1.82, 2.24) is 15.0 Å². The lowest BCUT2D eigenvalue weighted by Gasteiger charge is -2.30. The highest BCUT2D eigenvalue weighted by Crippen LogP contribution is 2.25. The fraction of sp³-hybridized carbons (Fsp3) is 0.241. The van der Waals surface area contributed by atoms with Crippen molar-refractivity contribution < 1.29 is 18.8 Å². The van der Waals surface area contributed by atoms with E-state index in [4.69, 9.17) is 9.26 Å². The van der Waals surface area contributed by atoms with Gasteiger partial charge in [0.25, 0.3) is 0 Å². The second-order valence-electron chi connectivity index (χ2n) is 9.02. The molecule has 8 nitrogen and oxygen atoms in total. The molecule has 3 aromatic carbocycles. The zero-order valence-electron chi connectivity index (χ0n) is 20.6. The first-order valence-electron chi connectivity index (χ1n) is 12.3. The molecule has 0 unspecified atom stereocenters. The van der Waals surface area contributed by atoms with Crippen LogP contribution in [0.5, 0.6) is 5.75 Å². The number of hydrogen-bond acceptors (Lipinski definition) is 7. The number of carbonyl (C=O) groups excluding carboxylic acids is 2. The van der Waals surface area contributed by atoms with Gasteiger partial charge >= 0.3 is 0 Å². The van der Waals surface area contributed by atoms with Crippen LogP contribution in [-0.4, -0.2) is 46.9 Å². The second kappa shape index (κ2) is 11.2. The van der Waals surface area contributed by atoms with Crippen LogP contribution in [0.4, 0.5) is 5.69 Å². The van der Waals surface area contributed by atoms with E-state index in [-0.39, 0.29) is 17.6 Å². The smallest absolute Gasteiger partial charge is 0.241 e. The number of methoxy groups -OCH3 is 1. The number of anilines is 1. The predicted molar refractivity (Wildman–Crippen MR) is 139 cm³/mol. The molecule has 0 aliphatic carbocycles. The molecule has 5 rings (SSSR count). The van der Waals surface area contributed by atoms with Crippen molar-refractivity contribution in [3.63, 3.8) is 0 Å². The molecule has 1 aliphatic rings. The molecule has 2 heterocycles. The van der Waals surface area contributed by atoms with Gasteiger partial charge in [0.15, 0.2) is 5.78 Å². The summed E-state index contributed by atoms with van der Waals surface area (Å²) >= 11 is 0. The fourth-order valence-electron chi connectivity index (χ4n) is 4.49. The lowest BCUT2D eigenvalue weighted by Crippen LogP contribution is -2.38. The Kier molecular flexibility index (Phi) is 7.37. The molecule has 1 amide bonds. The summed E-state index contributed by atoms with van der Waals surface area (Å²) in [5.41, 5.74) is 2.48. The molecule has 1 aliphatic heterocycles. The third-order valence-electron chi connectivity index (χ3n) is 6.60. The first kappa shape index (κ1) is 24.4. The van der Waals surface area contributed by atoms with Crippen molar-refractivity contribution in [2.75, 3.05) is 25.5 Å². The van der Waals surface area contributed by atoms with Gasteiger partial charge in [0, 0.05) is 22.6 Å². The number of nitrogens with one attached hydrogen (secondary N) is 1. The van der Waals surface area contributed by atoms with Gasteiger partial charge < -0.3 is 14.6 Å². The second-order valence-corrected chi connectivity index (χ2v) is 9.02. The largest absolute Gasteiger partial charge is 0.497 e. The molecule has 8 heteroatoms. The average molecular weight is 497 g/mol. The number of benzene rings is 3. The van der Waals surface area contributed by atoms with E-state index in [1.165, 1.54) is 0 Å². The maximum Gasteiger partial charge on any atom is 0.241 e. The number of ether oxygens (including phenoxy) is 1. The van der Waals surface area contributed by atoms with Gasteiger partial charge in [0.05, 0.1) is 19.3 Å². The highest BCUT2D eigenvalue weighted by molar-refractivity contribution is 6.13. The number of rotatable bonds is 8. The van der Waals surface area contributed by atoms with Gasteiger partial charge in [-0.3, -0.25) is 14.5 Å². The van der Waals surface area contributed by atoms with Gasteiger partial charge in [-0.15, -0.1) is 0 Å². The SMILES string of the molecule is COc1ccc(-c2noc(CN3CCC(C(=O)Nc4ccccc4C(=O)c4ccccc4)CC3)n2)cc1. The minimum absolute atomic E-state index is 0.0625. The van der Waals surface area contributed by atoms with Crippen LogP contribution in [0.2, 0.25) is 0 Å². The highest BCUT2D eigenvalue weighted by Gasteiger charge is 2.27. The zero-order valence-corrected chi connectivity index (χ0v) is 20.6. The summed E-state index contributed by atoms with van der Waals surface area (Å²) in [7, 11) is 1.63. The van der Waals surface area contributed by atoms with Crippen LogP contribution in [0.3, 0.4) is 0 Å². The van der Waals surface area contributed by atoms with E-state index in [9.17, 15) is 9.59 Å². The van der Waals surface area contributed by atoms with E-state index in [0.717, 1.165) is 24.4 Å². The molecule has 1 saturated heterocycles. The number of aromatic nitrogens is 2. The molecule has 1 N–H and O–H groups in total. The van der Waals surface area contributed by atoms with E-state index < -0.39 is 0 Å². The van der Waals surface area contributed by atoms with Crippen molar-refractivity contribution in [3.05, 3.63) is 95.9 Å². The van der Waals surface area contributed by atoms with Crippen LogP contribution < -0.4 is 10.1 Å². The Morgan fingerprint density at radius 2 is 1.68 bits per heavy atom. The Morgan fingerprint density at radius 3 is 2.41 bits per heavy atom. The summed E-state index contributed by atoms with van der Waals surface area (Å²) in [4.78, 5) is 32.8. The summed E-state index contributed by atoms with van der Waals surface area (Å²) in [6, 6.07) is 23.7. The van der Waals surface area contributed by atoms with Gasteiger partial charge in [-0.05, 0) is 62.3 Å². The van der Waals surface area contributed by atoms with Crippen LogP contribution in [0, 0.1) is 5.92 Å². The molecular formula is C29H28N4O4. The van der Waals surface area contributed by atoms with E-state index in [0.29, 0.717) is 47.9 Å². The van der Waals surface area contributed by atoms with Gasteiger partial charge in [0.2, 0.25) is 17.6 Å². The number of piperidine rings is 1. The van der Waals surface area contributed by atoms with Gasteiger partial charge in [0.1, 0.15) is 5.75 Å². The molecule has 0 bridgehead atoms. The predicted octanol–water partition coefficient (Wildman–Crippen LogP) is 4.83. The molecule has 37 heavy (non-hydrogen) atoms. The van der Waals surface area contributed by atoms with E-state index >= 15 is 0 Å². The molecule has 1 aromatic heterocycles. The molecule has 0 spiro atoms. The third kappa shape index (κ3) is 5.76. The number of amides is 1. The Balaban J connectivity index is 1.16. The Labute approximate surface area is 215 Å². The number of carbonyl (C=O) groups is 2. The zero-order chi connectivity index (χ0) is 25.6. The Morgan fingerprint density at radius 1 is 0.973 bits per heavy atom. The lowest BCUT2D eigenvalue weighted by atomic mass is 9.95. The van der Waals surface area contributed by atoms with Gasteiger partial charge in [-0.1, -0.05) is 47.6 Å². The lowest BCUT2D eigenvalue weighted by molar-refractivity contribution is -0.121. The van der Waals surface area contributed by atoms with Crippen LogP contribution in [0.25, 0.3) is 11.4 Å². The molecule has 1 fully saturated rings. The number of nitrogens with zero attached hydrogens (tertiary/aromatic N) is 3. The summed E-state index contributed by atoms with van der Waals surface area (Å²) < 4.78 is 10.6. The maximum atomic E-state index is 13.1. The number of likely N-dealkylation sites (tertiary alicyclic amines) is 1. The molecule has 0 atom stereocenters. The minimum Gasteiger partial charge on any atom is -0.497 e. The van der Waals surface area contributed by atoms with Crippen LogP contribution >= 0.6 is 0 Å². The number of para-hydroxylation sites is 1. The summed E-state index contributed by atoms with van der Waals surface area (Å²) in [6.45, 7) is 2.01. The normalized spacial score (nSPS) is 14.3. The summed E-state index contributed by atoms with van der Waals surface area (Å²) in [5, 5.41) is 7.09. The maximum absolute atomic E-state index is 13.1. The van der Waals surface area contributed by atoms with Crippen LogP contribution in [0.1, 0.15) is 34.7 Å². The van der Waals surface area contributed by atoms with Gasteiger partial charge in [-0.2, -0.15) is 4.98 Å². The molecule has 188 valence electrons. The molecule has 0 saturated carbocycles. The van der Waals surface area contributed by atoms with Crippen LogP contribution in [0.15, 0.2) is 83.4 Å². The standard InChI is InChI=1S/C29H28N4O4/c1-36-23-13-11-21(12-14-23)28-31-26(37-32-28)19-33-17-15-22(16-18-33)29(35)30-25-10-6-5-9-24(25)27(34)20-7-3-2-4-8-20/h2-14,22H,15-19H2,1H3,(H,30,35). The number of ketones is 1. The van der Waals surface area contributed by atoms with Crippen molar-refractivity contribution in [2.24, 2.45) is 5.92 Å². The topological polar surface area (TPSA) is 97.6 Å². The van der Waals surface area contributed by atoms with Gasteiger partial charge in [-0.25, -0.2) is 0 Å². The molecule has 0 radical (unpaired) electrons. The monoisotopic (exact) mass is 496 g/mol. The number of hydrogen-bond donors (Lipinski definition) is 1. The van der Waals surface area contributed by atoms with E-state index in [1.54, 1.807) is 31.4 Å². The van der Waals surface area contributed by atoms with Crippen molar-refractivity contribution in [2.45, 2.75) is 19.4 Å². The fourth-order valence-corrected chi connectivity index (χ4v) is 4.49. The first-order valence-corrected chi connectivity index (χ1v) is 12.3. The Hall–Kier alpha value is -4.30. The summed E-state index contributed by atoms with van der Waals surface area (Å²) in [5.74, 6) is 1.55. The van der Waals surface area contributed by atoms with Crippen molar-refractivity contribution in [1.29, 1.82) is 0 Å². The van der Waals surface area contributed by atoms with Crippen molar-refractivity contribution in [3.8, 4) is 17.1 Å². The van der Waals surface area contributed by atoms with E-state index in [2.05, 4.69) is 20.4 Å². The minimum atomic E-state index is -0.131. The van der Waals surface area contributed by atoms with E-state index in [1.807, 2.05) is 54.6 Å². The molecular weight excluding hydrogens is 468 g/mol. The average Bonchev–Trinajstić information content (AvgIpc) is 3.42. The van der Waals surface area contributed by atoms with Crippen molar-refractivity contribution >= 4 is 17.4 Å². The highest BCUT2D eigenvalue weighted by atomic mass is 16.5. The summed E-state index contributed by atoms with van der Waals surface area (Å²) in [6.07, 6.45) is 1.42. The third-order valence-corrected chi connectivity index (χ3v) is 6.60.